The molecule has 0 aliphatic carbocycles. The van der Waals surface area contributed by atoms with Gasteiger partial charge in [-0.25, -0.2) is 0 Å². The Bertz CT molecular complexity index is 773. The summed E-state index contributed by atoms with van der Waals surface area (Å²) in [4.78, 5) is 1.76. The molecular formula is C20H25N5O. The number of hydrogen-bond donors (Lipinski definition) is 3. The molecule has 0 radical (unpaired) electrons. The summed E-state index contributed by atoms with van der Waals surface area (Å²) in [6.45, 7) is 3.69. The molecule has 0 saturated heterocycles. The van der Waals surface area contributed by atoms with Gasteiger partial charge in [0, 0.05) is 31.7 Å². The monoisotopic (exact) mass is 351 g/mol. The molecule has 0 unspecified atom stereocenters. The summed E-state index contributed by atoms with van der Waals surface area (Å²) in [5.74, 6) is 0. The highest BCUT2D eigenvalue weighted by Gasteiger charge is 2.13. The summed E-state index contributed by atoms with van der Waals surface area (Å²) in [5, 5.41) is 24.7. The molecule has 0 atom stereocenters. The molecule has 6 nitrogen and oxygen atoms in total. The minimum absolute atomic E-state index is 0.159. The highest BCUT2D eigenvalue weighted by atomic mass is 16.3. The Morgan fingerprint density at radius 2 is 1.50 bits per heavy atom. The smallest absolute Gasteiger partial charge is 0.117 e. The average Bonchev–Trinajstić information content (AvgIpc) is 3.08. The molecule has 0 aliphatic heterocycles. The van der Waals surface area contributed by atoms with Gasteiger partial charge in [0.05, 0.1) is 13.2 Å². The fourth-order valence-corrected chi connectivity index (χ4v) is 2.73. The standard InChI is InChI=1S/C20H25N5O/c26-14-13-21-11-12-22-15-19-20(18-9-5-2-6-10-18)24-25(23-19)16-17-7-3-1-4-8-17/h1-10,21-22,26H,11-16H2. The van der Waals surface area contributed by atoms with Crippen LogP contribution in [-0.2, 0) is 13.1 Å². The van der Waals surface area contributed by atoms with Crippen molar-refractivity contribution in [3.8, 4) is 11.3 Å². The van der Waals surface area contributed by atoms with Crippen LogP contribution in [0.5, 0.6) is 0 Å². The van der Waals surface area contributed by atoms with Crippen LogP contribution in [0.2, 0.25) is 0 Å². The van der Waals surface area contributed by atoms with Gasteiger partial charge in [0.1, 0.15) is 11.4 Å². The number of aliphatic hydroxyl groups excluding tert-OH is 1. The van der Waals surface area contributed by atoms with E-state index in [9.17, 15) is 0 Å². The van der Waals surface area contributed by atoms with Gasteiger partial charge in [-0.15, -0.1) is 0 Å². The van der Waals surface area contributed by atoms with Gasteiger partial charge >= 0.3 is 0 Å². The predicted molar refractivity (Wildman–Crippen MR) is 103 cm³/mol. The van der Waals surface area contributed by atoms with Crippen molar-refractivity contribution in [1.82, 2.24) is 25.6 Å². The second-order valence-electron chi connectivity index (χ2n) is 6.03. The topological polar surface area (TPSA) is 75.0 Å². The first-order valence-corrected chi connectivity index (χ1v) is 8.92. The summed E-state index contributed by atoms with van der Waals surface area (Å²) in [7, 11) is 0. The first-order valence-electron chi connectivity index (χ1n) is 8.92. The lowest BCUT2D eigenvalue weighted by Gasteiger charge is -2.05. The van der Waals surface area contributed by atoms with Gasteiger partial charge in [0.2, 0.25) is 0 Å². The van der Waals surface area contributed by atoms with E-state index in [1.165, 1.54) is 5.56 Å². The van der Waals surface area contributed by atoms with E-state index >= 15 is 0 Å². The van der Waals surface area contributed by atoms with Crippen LogP contribution < -0.4 is 10.6 Å². The number of nitrogens with zero attached hydrogens (tertiary/aromatic N) is 3. The molecule has 0 fully saturated rings. The second-order valence-corrected chi connectivity index (χ2v) is 6.03. The number of aliphatic hydroxyl groups is 1. The molecule has 6 heteroatoms. The van der Waals surface area contributed by atoms with Crippen LogP contribution in [0.1, 0.15) is 11.3 Å². The highest BCUT2D eigenvalue weighted by Crippen LogP contribution is 2.20. The Morgan fingerprint density at radius 3 is 2.23 bits per heavy atom. The Balaban J connectivity index is 1.71. The molecular weight excluding hydrogens is 326 g/mol. The quantitative estimate of drug-likeness (QED) is 0.485. The predicted octanol–water partition coefficient (Wildman–Crippen LogP) is 1.66. The van der Waals surface area contributed by atoms with Gasteiger partial charge in [-0.1, -0.05) is 60.7 Å². The third-order valence-electron chi connectivity index (χ3n) is 4.00. The van der Waals surface area contributed by atoms with Crippen molar-refractivity contribution >= 4 is 0 Å². The largest absolute Gasteiger partial charge is 0.395 e. The zero-order chi connectivity index (χ0) is 18.0. The van der Waals surface area contributed by atoms with Gasteiger partial charge in [0.15, 0.2) is 0 Å². The van der Waals surface area contributed by atoms with E-state index in [-0.39, 0.29) is 6.61 Å². The van der Waals surface area contributed by atoms with Crippen molar-refractivity contribution < 1.29 is 5.11 Å². The van der Waals surface area contributed by atoms with E-state index in [1.807, 2.05) is 36.4 Å². The lowest BCUT2D eigenvalue weighted by atomic mass is 10.1. The van der Waals surface area contributed by atoms with E-state index in [1.54, 1.807) is 4.80 Å². The fourth-order valence-electron chi connectivity index (χ4n) is 2.73. The first kappa shape index (κ1) is 18.3. The number of rotatable bonds is 10. The number of hydrogen-bond acceptors (Lipinski definition) is 5. The Morgan fingerprint density at radius 1 is 0.808 bits per heavy atom. The van der Waals surface area contributed by atoms with Crippen LogP contribution in [0, 0.1) is 0 Å². The maximum Gasteiger partial charge on any atom is 0.117 e. The molecule has 0 saturated carbocycles. The summed E-state index contributed by atoms with van der Waals surface area (Å²) in [6, 6.07) is 20.4. The maximum absolute atomic E-state index is 8.78. The van der Waals surface area contributed by atoms with Gasteiger partial charge < -0.3 is 15.7 Å². The lowest BCUT2D eigenvalue weighted by molar-refractivity contribution is 0.292. The van der Waals surface area contributed by atoms with Crippen molar-refractivity contribution in [2.24, 2.45) is 0 Å². The van der Waals surface area contributed by atoms with Crippen molar-refractivity contribution in [1.29, 1.82) is 0 Å². The second kappa shape index (κ2) is 9.82. The van der Waals surface area contributed by atoms with Crippen LogP contribution in [0.3, 0.4) is 0 Å². The third kappa shape index (κ3) is 5.23. The van der Waals surface area contributed by atoms with Crippen LogP contribution in [0.15, 0.2) is 60.7 Å². The first-order chi connectivity index (χ1) is 12.9. The Kier molecular flexibility index (Phi) is 6.89. The van der Waals surface area contributed by atoms with Gasteiger partial charge in [-0.3, -0.25) is 0 Å². The molecule has 3 aromatic rings. The van der Waals surface area contributed by atoms with Crippen LogP contribution in [-0.4, -0.2) is 46.3 Å². The average molecular weight is 351 g/mol. The maximum atomic E-state index is 8.78. The molecule has 1 heterocycles. The fraction of sp³-hybridized carbons (Fsp3) is 0.300. The van der Waals surface area contributed by atoms with Gasteiger partial charge in [-0.2, -0.15) is 15.0 Å². The Labute approximate surface area is 153 Å². The van der Waals surface area contributed by atoms with E-state index in [4.69, 9.17) is 15.3 Å². The van der Waals surface area contributed by atoms with E-state index in [2.05, 4.69) is 34.9 Å². The molecule has 136 valence electrons. The van der Waals surface area contributed by atoms with Crippen LogP contribution in [0.4, 0.5) is 0 Å². The molecule has 0 spiro atoms. The van der Waals surface area contributed by atoms with Crippen LogP contribution in [0.25, 0.3) is 11.3 Å². The third-order valence-corrected chi connectivity index (χ3v) is 4.00. The summed E-state index contributed by atoms with van der Waals surface area (Å²) >= 11 is 0. The van der Waals surface area contributed by atoms with Gasteiger partial charge in [0.25, 0.3) is 0 Å². The normalized spacial score (nSPS) is 11.0. The molecule has 3 rings (SSSR count). The van der Waals surface area contributed by atoms with Gasteiger partial charge in [-0.05, 0) is 5.56 Å². The van der Waals surface area contributed by atoms with Crippen molar-refractivity contribution in [3.05, 3.63) is 71.9 Å². The van der Waals surface area contributed by atoms with Crippen LogP contribution >= 0.6 is 0 Å². The SMILES string of the molecule is OCCNCCNCc1nn(Cc2ccccc2)nc1-c1ccccc1. The number of aromatic nitrogens is 3. The van der Waals surface area contributed by atoms with Crippen molar-refractivity contribution in [3.63, 3.8) is 0 Å². The molecule has 2 aromatic carbocycles. The minimum atomic E-state index is 0.159. The summed E-state index contributed by atoms with van der Waals surface area (Å²) in [6.07, 6.45) is 0. The number of benzene rings is 2. The van der Waals surface area contributed by atoms with Crippen molar-refractivity contribution in [2.75, 3.05) is 26.2 Å². The molecule has 3 N–H and O–H groups in total. The molecule has 0 aliphatic rings. The van der Waals surface area contributed by atoms with E-state index in [0.29, 0.717) is 19.6 Å². The molecule has 0 amide bonds. The zero-order valence-electron chi connectivity index (χ0n) is 14.8. The highest BCUT2D eigenvalue weighted by molar-refractivity contribution is 5.60. The van der Waals surface area contributed by atoms with E-state index < -0.39 is 0 Å². The van der Waals surface area contributed by atoms with Crippen molar-refractivity contribution in [2.45, 2.75) is 13.1 Å². The lowest BCUT2D eigenvalue weighted by Crippen LogP contribution is -2.29. The molecule has 1 aromatic heterocycles. The molecule has 26 heavy (non-hydrogen) atoms. The molecule has 0 bridgehead atoms. The zero-order valence-corrected chi connectivity index (χ0v) is 14.8. The summed E-state index contributed by atoms with van der Waals surface area (Å²) in [5.41, 5.74) is 4.10. The number of nitrogens with one attached hydrogen (secondary N) is 2. The van der Waals surface area contributed by atoms with E-state index in [0.717, 1.165) is 30.0 Å². The minimum Gasteiger partial charge on any atom is -0.395 e. The Hall–Kier alpha value is -2.54. The summed E-state index contributed by atoms with van der Waals surface area (Å²) < 4.78 is 0.